The molecule has 29 heavy (non-hydrogen) atoms. The van der Waals surface area contributed by atoms with E-state index >= 15 is 0 Å². The highest BCUT2D eigenvalue weighted by molar-refractivity contribution is 7.89. The van der Waals surface area contributed by atoms with Gasteiger partial charge in [0.05, 0.1) is 11.8 Å². The second kappa shape index (κ2) is 9.40. The number of carbonyl (C=O) groups excluding carboxylic acids is 2. The highest BCUT2D eigenvalue weighted by Crippen LogP contribution is 2.29. The van der Waals surface area contributed by atoms with Crippen molar-refractivity contribution in [3.63, 3.8) is 0 Å². The van der Waals surface area contributed by atoms with Crippen LogP contribution in [-0.2, 0) is 19.6 Å². The summed E-state index contributed by atoms with van der Waals surface area (Å²) < 4.78 is 38.4. The van der Waals surface area contributed by atoms with E-state index in [9.17, 15) is 22.4 Å². The number of rotatable bonds is 6. The number of benzene rings is 1. The first-order valence-corrected chi connectivity index (χ1v) is 11.8. The molecule has 2 saturated heterocycles. The van der Waals surface area contributed by atoms with Crippen LogP contribution in [-0.4, -0.2) is 73.3 Å². The van der Waals surface area contributed by atoms with Gasteiger partial charge in [0.2, 0.25) is 21.8 Å². The maximum Gasteiger partial charge on any atom is 0.235 e. The number of piperidine rings is 1. The minimum absolute atomic E-state index is 0.0641. The molecule has 3 rings (SSSR count). The predicted octanol–water partition coefficient (Wildman–Crippen LogP) is 1.29. The van der Waals surface area contributed by atoms with E-state index in [1.54, 1.807) is 17.0 Å². The second-order valence-electron chi connectivity index (χ2n) is 7.41. The van der Waals surface area contributed by atoms with Crippen LogP contribution in [0.2, 0.25) is 0 Å². The van der Waals surface area contributed by atoms with Crippen LogP contribution in [0, 0.1) is 5.82 Å². The highest BCUT2D eigenvalue weighted by Gasteiger charge is 2.34. The molecule has 0 unspecified atom stereocenters. The van der Waals surface area contributed by atoms with Gasteiger partial charge in [0.15, 0.2) is 0 Å². The molecule has 2 atom stereocenters. The van der Waals surface area contributed by atoms with Crippen LogP contribution in [0.1, 0.15) is 30.7 Å². The minimum Gasteiger partial charge on any atom is -0.350 e. The number of nitrogens with one attached hydrogen (secondary N) is 1. The van der Waals surface area contributed by atoms with Crippen molar-refractivity contribution >= 4 is 33.4 Å². The lowest BCUT2D eigenvalue weighted by Crippen LogP contribution is -2.53. The molecule has 2 amide bonds. The number of amides is 2. The van der Waals surface area contributed by atoms with Crippen LogP contribution in [0.5, 0.6) is 0 Å². The van der Waals surface area contributed by atoms with Crippen LogP contribution < -0.4 is 5.32 Å². The third-order valence-corrected chi connectivity index (χ3v) is 7.71. The molecule has 0 bridgehead atoms. The molecule has 2 aliphatic rings. The molecule has 7 nitrogen and oxygen atoms in total. The van der Waals surface area contributed by atoms with Gasteiger partial charge in [-0.1, -0.05) is 12.1 Å². The SMILES string of the molecule is O=C(CCl)N[C@@H]1CN(C(=O)CCN2CCCS2(=O)=O)CC[C@H]1c1ccc(F)cc1. The summed E-state index contributed by atoms with van der Waals surface area (Å²) in [6.07, 6.45) is 1.30. The first-order chi connectivity index (χ1) is 13.8. The fraction of sp³-hybridized carbons (Fsp3) is 0.579. The average Bonchev–Trinajstić information content (AvgIpc) is 3.04. The fourth-order valence-corrected chi connectivity index (χ4v) is 5.61. The summed E-state index contributed by atoms with van der Waals surface area (Å²) in [5.74, 6) is -0.925. The van der Waals surface area contributed by atoms with Crippen LogP contribution in [0.25, 0.3) is 0 Å². The number of hydrogen-bond donors (Lipinski definition) is 1. The van der Waals surface area contributed by atoms with E-state index in [0.717, 1.165) is 5.56 Å². The van der Waals surface area contributed by atoms with E-state index < -0.39 is 10.0 Å². The Hall–Kier alpha value is -1.71. The number of likely N-dealkylation sites (tertiary alicyclic amines) is 1. The van der Waals surface area contributed by atoms with Crippen molar-refractivity contribution in [2.45, 2.75) is 31.2 Å². The van der Waals surface area contributed by atoms with E-state index in [4.69, 9.17) is 11.6 Å². The minimum atomic E-state index is -3.23. The lowest BCUT2D eigenvalue weighted by molar-refractivity contribution is -0.133. The zero-order chi connectivity index (χ0) is 21.0. The van der Waals surface area contributed by atoms with Gasteiger partial charge in [-0.15, -0.1) is 11.6 Å². The van der Waals surface area contributed by atoms with Crippen LogP contribution in [0.15, 0.2) is 24.3 Å². The van der Waals surface area contributed by atoms with Gasteiger partial charge in [-0.2, -0.15) is 0 Å². The Morgan fingerprint density at radius 1 is 1.21 bits per heavy atom. The topological polar surface area (TPSA) is 86.8 Å². The normalized spacial score (nSPS) is 24.4. The Bertz CT molecular complexity index is 850. The van der Waals surface area contributed by atoms with Crippen molar-refractivity contribution in [2.24, 2.45) is 0 Å². The van der Waals surface area contributed by atoms with Crippen molar-refractivity contribution < 1.29 is 22.4 Å². The number of nitrogens with zero attached hydrogens (tertiary/aromatic N) is 2. The van der Waals surface area contributed by atoms with Gasteiger partial charge in [-0.25, -0.2) is 17.1 Å². The standard InChI is InChI=1S/C19H25ClFN3O4S/c20-12-18(25)22-17-13-23(9-6-16(17)14-2-4-15(21)5-3-14)19(26)7-10-24-8-1-11-29(24,27)28/h2-5,16-17H,1,6-13H2,(H,22,25)/t16-,17+/m0/s1. The third-order valence-electron chi connectivity index (χ3n) is 5.51. The maximum absolute atomic E-state index is 13.3. The zero-order valence-corrected chi connectivity index (χ0v) is 17.6. The number of hydrogen-bond acceptors (Lipinski definition) is 4. The molecule has 0 aliphatic carbocycles. The van der Waals surface area contributed by atoms with Gasteiger partial charge in [-0.05, 0) is 30.5 Å². The second-order valence-corrected chi connectivity index (χ2v) is 9.77. The highest BCUT2D eigenvalue weighted by atomic mass is 35.5. The summed E-state index contributed by atoms with van der Waals surface area (Å²) in [5.41, 5.74) is 0.890. The Kier molecular flexibility index (Phi) is 7.13. The fourth-order valence-electron chi connectivity index (χ4n) is 4.00. The van der Waals surface area contributed by atoms with E-state index in [1.807, 2.05) is 0 Å². The molecule has 2 fully saturated rings. The van der Waals surface area contributed by atoms with Crippen molar-refractivity contribution in [3.05, 3.63) is 35.6 Å². The Morgan fingerprint density at radius 3 is 2.55 bits per heavy atom. The number of sulfonamides is 1. The first-order valence-electron chi connectivity index (χ1n) is 9.66. The summed E-state index contributed by atoms with van der Waals surface area (Å²) >= 11 is 5.63. The molecular formula is C19H25ClFN3O4S. The molecule has 0 spiro atoms. The largest absolute Gasteiger partial charge is 0.350 e. The van der Waals surface area contributed by atoms with Gasteiger partial charge in [-0.3, -0.25) is 9.59 Å². The third kappa shape index (κ3) is 5.46. The number of halogens is 2. The molecule has 1 N–H and O–H groups in total. The van der Waals surface area contributed by atoms with Crippen LogP contribution >= 0.6 is 11.6 Å². The van der Waals surface area contributed by atoms with Crippen LogP contribution in [0.4, 0.5) is 4.39 Å². The summed E-state index contributed by atoms with van der Waals surface area (Å²) in [6.45, 7) is 1.42. The summed E-state index contributed by atoms with van der Waals surface area (Å²) in [4.78, 5) is 26.2. The molecule has 0 aromatic heterocycles. The molecule has 1 aromatic carbocycles. The van der Waals surface area contributed by atoms with E-state index in [1.165, 1.54) is 16.4 Å². The summed E-state index contributed by atoms with van der Waals surface area (Å²) in [7, 11) is -3.23. The Morgan fingerprint density at radius 2 is 1.93 bits per heavy atom. The molecule has 10 heteroatoms. The van der Waals surface area contributed by atoms with E-state index in [2.05, 4.69) is 5.32 Å². The predicted molar refractivity (Wildman–Crippen MR) is 108 cm³/mol. The van der Waals surface area contributed by atoms with Gasteiger partial charge in [0.25, 0.3) is 0 Å². The molecule has 0 saturated carbocycles. The first kappa shape index (κ1) is 22.0. The zero-order valence-electron chi connectivity index (χ0n) is 16.0. The Labute approximate surface area is 175 Å². The molecule has 1 aromatic rings. The number of carbonyl (C=O) groups is 2. The summed E-state index contributed by atoms with van der Waals surface area (Å²) in [5, 5.41) is 2.86. The van der Waals surface area contributed by atoms with E-state index in [-0.39, 0.29) is 54.2 Å². The maximum atomic E-state index is 13.3. The van der Waals surface area contributed by atoms with Gasteiger partial charge in [0.1, 0.15) is 11.7 Å². The van der Waals surface area contributed by atoms with Crippen molar-refractivity contribution in [3.8, 4) is 0 Å². The molecular weight excluding hydrogens is 421 g/mol. The van der Waals surface area contributed by atoms with Crippen LogP contribution in [0.3, 0.4) is 0 Å². The van der Waals surface area contributed by atoms with Crippen molar-refractivity contribution in [2.75, 3.05) is 37.8 Å². The molecule has 160 valence electrons. The smallest absolute Gasteiger partial charge is 0.235 e. The van der Waals surface area contributed by atoms with Crippen molar-refractivity contribution in [1.29, 1.82) is 0 Å². The van der Waals surface area contributed by atoms with E-state index in [0.29, 0.717) is 32.5 Å². The quantitative estimate of drug-likeness (QED) is 0.668. The van der Waals surface area contributed by atoms with Gasteiger partial charge in [0, 0.05) is 38.5 Å². The molecule has 0 radical (unpaired) electrons. The molecule has 2 heterocycles. The Balaban J connectivity index is 1.65. The van der Waals surface area contributed by atoms with Gasteiger partial charge >= 0.3 is 0 Å². The van der Waals surface area contributed by atoms with Crippen molar-refractivity contribution in [1.82, 2.24) is 14.5 Å². The summed E-state index contributed by atoms with van der Waals surface area (Å²) in [6, 6.07) is 5.79. The molecule has 2 aliphatic heterocycles. The lowest BCUT2D eigenvalue weighted by atomic mass is 9.85. The lowest BCUT2D eigenvalue weighted by Gasteiger charge is -2.39. The monoisotopic (exact) mass is 445 g/mol. The van der Waals surface area contributed by atoms with Gasteiger partial charge < -0.3 is 10.2 Å². The number of alkyl halides is 1. The average molecular weight is 446 g/mol.